The minimum Gasteiger partial charge on any atom is -0.480 e. The Balaban J connectivity index is 2.36. The van der Waals surface area contributed by atoms with E-state index in [1.807, 2.05) is 4.90 Å². The molecule has 0 aliphatic carbocycles. The molecule has 1 heterocycles. The minimum atomic E-state index is -1.15. The second kappa shape index (κ2) is 5.79. The van der Waals surface area contributed by atoms with Crippen molar-refractivity contribution in [1.82, 2.24) is 4.90 Å². The van der Waals surface area contributed by atoms with Crippen LogP contribution in [0.15, 0.2) is 12.2 Å². The highest BCUT2D eigenvalue weighted by atomic mass is 16.5. The van der Waals surface area contributed by atoms with Crippen molar-refractivity contribution in [3.05, 3.63) is 12.2 Å². The molecule has 0 saturated carbocycles. The Labute approximate surface area is 100 Å². The zero-order valence-corrected chi connectivity index (χ0v) is 9.89. The van der Waals surface area contributed by atoms with Crippen molar-refractivity contribution in [3.63, 3.8) is 0 Å². The lowest BCUT2D eigenvalue weighted by atomic mass is 10.0. The Hall–Kier alpha value is -1.40. The van der Waals surface area contributed by atoms with Gasteiger partial charge in [-0.1, -0.05) is 6.08 Å². The van der Waals surface area contributed by atoms with E-state index in [1.54, 1.807) is 13.0 Å². The van der Waals surface area contributed by atoms with Crippen LogP contribution in [0.25, 0.3) is 0 Å². The Morgan fingerprint density at radius 2 is 2.29 bits per heavy atom. The van der Waals surface area contributed by atoms with Crippen molar-refractivity contribution in [2.24, 2.45) is 5.73 Å². The summed E-state index contributed by atoms with van der Waals surface area (Å²) in [6.07, 6.45) is 3.43. The number of nitrogens with zero attached hydrogens (tertiary/aromatic N) is 1. The zero-order valence-electron chi connectivity index (χ0n) is 9.89. The normalized spacial score (nSPS) is 25.3. The molecular weight excluding hydrogens is 224 g/mol. The standard InChI is InChI=1S/C11H18N2O4/c1-2-17-9(14)4-3-6-13-7-5-11(12,8-13)10(15)16/h3-4H,2,5-8,12H2,1H3,(H,15,16)/b4-3+. The van der Waals surface area contributed by atoms with E-state index < -0.39 is 11.5 Å². The van der Waals surface area contributed by atoms with Crippen LogP contribution in [0.4, 0.5) is 0 Å². The maximum absolute atomic E-state index is 11.0. The molecule has 0 aromatic heterocycles. The van der Waals surface area contributed by atoms with Gasteiger partial charge in [0.15, 0.2) is 0 Å². The second-order valence-electron chi connectivity index (χ2n) is 4.10. The first kappa shape index (κ1) is 13.7. The van der Waals surface area contributed by atoms with Gasteiger partial charge in [0.2, 0.25) is 0 Å². The van der Waals surface area contributed by atoms with Gasteiger partial charge in [0.25, 0.3) is 0 Å². The zero-order chi connectivity index (χ0) is 12.9. The predicted molar refractivity (Wildman–Crippen MR) is 61.4 cm³/mol. The van der Waals surface area contributed by atoms with Gasteiger partial charge in [0, 0.05) is 25.7 Å². The average molecular weight is 242 g/mol. The van der Waals surface area contributed by atoms with Crippen molar-refractivity contribution in [2.75, 3.05) is 26.2 Å². The third kappa shape index (κ3) is 3.83. The molecule has 96 valence electrons. The Bertz CT molecular complexity index is 329. The molecule has 1 atom stereocenters. The van der Waals surface area contributed by atoms with E-state index in [-0.39, 0.29) is 5.97 Å². The van der Waals surface area contributed by atoms with Gasteiger partial charge in [-0.15, -0.1) is 0 Å². The van der Waals surface area contributed by atoms with Gasteiger partial charge < -0.3 is 15.6 Å². The first-order chi connectivity index (χ1) is 7.98. The van der Waals surface area contributed by atoms with E-state index in [2.05, 4.69) is 0 Å². The lowest BCUT2D eigenvalue weighted by molar-refractivity contribution is -0.142. The summed E-state index contributed by atoms with van der Waals surface area (Å²) in [7, 11) is 0. The van der Waals surface area contributed by atoms with E-state index in [0.29, 0.717) is 32.7 Å². The molecule has 6 nitrogen and oxygen atoms in total. The van der Waals surface area contributed by atoms with Crippen LogP contribution in [-0.2, 0) is 14.3 Å². The van der Waals surface area contributed by atoms with E-state index in [1.165, 1.54) is 6.08 Å². The van der Waals surface area contributed by atoms with Gasteiger partial charge in [-0.25, -0.2) is 4.79 Å². The predicted octanol–water partition coefficient (Wildman–Crippen LogP) is -0.406. The second-order valence-corrected chi connectivity index (χ2v) is 4.10. The number of hydrogen-bond donors (Lipinski definition) is 2. The molecule has 0 bridgehead atoms. The summed E-state index contributed by atoms with van der Waals surface area (Å²) in [6.45, 7) is 3.51. The van der Waals surface area contributed by atoms with Crippen LogP contribution in [0, 0.1) is 0 Å². The summed E-state index contributed by atoms with van der Waals surface area (Å²) < 4.78 is 4.72. The fourth-order valence-electron chi connectivity index (χ4n) is 1.73. The molecule has 1 aliphatic heterocycles. The summed E-state index contributed by atoms with van der Waals surface area (Å²) >= 11 is 0. The summed E-state index contributed by atoms with van der Waals surface area (Å²) in [4.78, 5) is 23.8. The number of ether oxygens (including phenoxy) is 1. The number of esters is 1. The number of carboxylic acid groups (broad SMARTS) is 1. The molecule has 17 heavy (non-hydrogen) atoms. The lowest BCUT2D eigenvalue weighted by Crippen LogP contribution is -2.50. The smallest absolute Gasteiger partial charge is 0.330 e. The fraction of sp³-hybridized carbons (Fsp3) is 0.636. The summed E-state index contributed by atoms with van der Waals surface area (Å²) in [5.41, 5.74) is 4.56. The highest BCUT2D eigenvalue weighted by Crippen LogP contribution is 2.18. The average Bonchev–Trinajstić information content (AvgIpc) is 2.62. The first-order valence-corrected chi connectivity index (χ1v) is 5.56. The highest BCUT2D eigenvalue weighted by Gasteiger charge is 2.40. The van der Waals surface area contributed by atoms with Crippen LogP contribution in [-0.4, -0.2) is 53.7 Å². The lowest BCUT2D eigenvalue weighted by Gasteiger charge is -2.18. The van der Waals surface area contributed by atoms with Crippen LogP contribution in [0.1, 0.15) is 13.3 Å². The molecule has 1 unspecified atom stereocenters. The van der Waals surface area contributed by atoms with Crippen LogP contribution in [0.2, 0.25) is 0 Å². The van der Waals surface area contributed by atoms with Crippen molar-refractivity contribution in [3.8, 4) is 0 Å². The van der Waals surface area contributed by atoms with Crippen molar-refractivity contribution < 1.29 is 19.4 Å². The number of carbonyl (C=O) groups is 2. The van der Waals surface area contributed by atoms with Crippen molar-refractivity contribution in [1.29, 1.82) is 0 Å². The van der Waals surface area contributed by atoms with Crippen molar-refractivity contribution in [2.45, 2.75) is 18.9 Å². The first-order valence-electron chi connectivity index (χ1n) is 5.56. The quantitative estimate of drug-likeness (QED) is 0.503. The largest absolute Gasteiger partial charge is 0.480 e. The van der Waals surface area contributed by atoms with Gasteiger partial charge in [-0.05, 0) is 13.3 Å². The molecule has 1 saturated heterocycles. The van der Waals surface area contributed by atoms with Crippen LogP contribution in [0.5, 0.6) is 0 Å². The van der Waals surface area contributed by atoms with E-state index in [0.717, 1.165) is 0 Å². The number of aliphatic carboxylic acids is 1. The molecule has 0 amide bonds. The number of carbonyl (C=O) groups excluding carboxylic acids is 1. The molecule has 0 aromatic carbocycles. The maximum Gasteiger partial charge on any atom is 0.330 e. The van der Waals surface area contributed by atoms with Gasteiger partial charge in [-0.3, -0.25) is 9.69 Å². The topological polar surface area (TPSA) is 92.9 Å². The van der Waals surface area contributed by atoms with E-state index in [9.17, 15) is 9.59 Å². The molecule has 0 spiro atoms. The van der Waals surface area contributed by atoms with Gasteiger partial charge in [0.1, 0.15) is 5.54 Å². The molecule has 1 rings (SSSR count). The van der Waals surface area contributed by atoms with Crippen LogP contribution < -0.4 is 5.73 Å². The molecular formula is C11H18N2O4. The molecule has 1 fully saturated rings. The van der Waals surface area contributed by atoms with Crippen LogP contribution in [0.3, 0.4) is 0 Å². The molecule has 1 aliphatic rings. The molecule has 0 aromatic rings. The Morgan fingerprint density at radius 3 is 2.82 bits per heavy atom. The summed E-state index contributed by atoms with van der Waals surface area (Å²) in [5, 5.41) is 8.93. The van der Waals surface area contributed by atoms with Gasteiger partial charge >= 0.3 is 11.9 Å². The van der Waals surface area contributed by atoms with E-state index in [4.69, 9.17) is 15.6 Å². The number of nitrogens with two attached hydrogens (primary N) is 1. The maximum atomic E-state index is 11.0. The number of carboxylic acids is 1. The fourth-order valence-corrected chi connectivity index (χ4v) is 1.73. The summed E-state index contributed by atoms with van der Waals surface area (Å²) in [5.74, 6) is -1.36. The summed E-state index contributed by atoms with van der Waals surface area (Å²) in [6, 6.07) is 0. The third-order valence-electron chi connectivity index (χ3n) is 2.71. The minimum absolute atomic E-state index is 0.301. The van der Waals surface area contributed by atoms with Crippen LogP contribution >= 0.6 is 0 Å². The van der Waals surface area contributed by atoms with Gasteiger partial charge in [0.05, 0.1) is 6.61 Å². The number of likely N-dealkylation sites (tertiary alicyclic amines) is 1. The molecule has 3 N–H and O–H groups in total. The third-order valence-corrected chi connectivity index (χ3v) is 2.71. The van der Waals surface area contributed by atoms with Gasteiger partial charge in [-0.2, -0.15) is 0 Å². The SMILES string of the molecule is CCOC(=O)/C=C/CN1CCC(N)(C(=O)O)C1. The van der Waals surface area contributed by atoms with Crippen molar-refractivity contribution >= 4 is 11.9 Å². The number of rotatable bonds is 5. The molecule has 0 radical (unpaired) electrons. The Kier molecular flexibility index (Phi) is 4.65. The number of hydrogen-bond acceptors (Lipinski definition) is 5. The molecule has 6 heteroatoms. The highest BCUT2D eigenvalue weighted by molar-refractivity contribution is 5.82. The monoisotopic (exact) mass is 242 g/mol. The Morgan fingerprint density at radius 1 is 1.59 bits per heavy atom. The van der Waals surface area contributed by atoms with E-state index >= 15 is 0 Å².